The zero-order valence-electron chi connectivity index (χ0n) is 28.8. The minimum Gasteiger partial charge on any atom is -0.480 e. The Hall–Kier alpha value is -2.91. The number of para-hydroxylation sites is 1. The molecule has 0 N–H and O–H groups in total. The number of ether oxygens (including phenoxy) is 2. The van der Waals surface area contributed by atoms with Crippen molar-refractivity contribution in [3.8, 4) is 0 Å². The molecule has 1 aliphatic heterocycles. The molecule has 1 aliphatic rings. The lowest BCUT2D eigenvalue weighted by Gasteiger charge is -2.44. The molecule has 2 heterocycles. The van der Waals surface area contributed by atoms with Crippen molar-refractivity contribution in [3.05, 3.63) is 66.4 Å². The average molecular weight is 652 g/mol. The summed E-state index contributed by atoms with van der Waals surface area (Å²) in [6.07, 6.45) is 2.27. The van der Waals surface area contributed by atoms with E-state index in [9.17, 15) is 8.42 Å². The second kappa shape index (κ2) is 14.2. The maximum atomic E-state index is 14.2. The van der Waals surface area contributed by atoms with Crippen LogP contribution in [0.5, 0.6) is 0 Å². The van der Waals surface area contributed by atoms with Gasteiger partial charge in [0, 0.05) is 16.8 Å². The largest absolute Gasteiger partial charge is 0.480 e. The smallest absolute Gasteiger partial charge is 0.210 e. The van der Waals surface area contributed by atoms with Crippen molar-refractivity contribution in [2.24, 2.45) is 15.9 Å². The molecule has 0 fully saturated rings. The summed E-state index contributed by atoms with van der Waals surface area (Å²) in [5, 5.41) is 1.06. The number of aliphatic imine (C=N–C) groups is 2. The molecule has 7 nitrogen and oxygen atoms in total. The third-order valence-electron chi connectivity index (χ3n) is 9.47. The fourth-order valence-corrected chi connectivity index (χ4v) is 16.0. The zero-order valence-corrected chi connectivity index (χ0v) is 30.6. The van der Waals surface area contributed by atoms with E-state index in [4.69, 9.17) is 19.5 Å². The third-order valence-corrected chi connectivity index (χ3v) is 18.0. The highest BCUT2D eigenvalue weighted by Crippen LogP contribution is 2.46. The van der Waals surface area contributed by atoms with E-state index in [0.717, 1.165) is 16.5 Å². The molecule has 0 aliphatic carbocycles. The van der Waals surface area contributed by atoms with E-state index in [1.165, 1.54) is 0 Å². The molecule has 0 bridgehead atoms. The fraction of sp³-hybridized carbons (Fsp3) is 0.556. The predicted molar refractivity (Wildman–Crippen MR) is 190 cm³/mol. The first-order chi connectivity index (χ1) is 21.3. The van der Waals surface area contributed by atoms with Gasteiger partial charge in [0.15, 0.2) is 18.1 Å². The van der Waals surface area contributed by atoms with Crippen molar-refractivity contribution < 1.29 is 17.9 Å². The first-order valence-corrected chi connectivity index (χ1v) is 20.4. The van der Waals surface area contributed by atoms with Crippen molar-refractivity contribution in [3.63, 3.8) is 0 Å². The molecule has 246 valence electrons. The Morgan fingerprint density at radius 3 is 1.80 bits per heavy atom. The van der Waals surface area contributed by atoms with Gasteiger partial charge in [-0.2, -0.15) is 0 Å². The lowest BCUT2D eigenvalue weighted by atomic mass is 9.91. The van der Waals surface area contributed by atoms with Crippen LogP contribution in [0.1, 0.15) is 80.7 Å². The van der Waals surface area contributed by atoms with Crippen molar-refractivity contribution >= 4 is 40.8 Å². The van der Waals surface area contributed by atoms with E-state index < -0.39 is 30.0 Å². The Balaban J connectivity index is 2.06. The quantitative estimate of drug-likeness (QED) is 0.184. The van der Waals surface area contributed by atoms with E-state index in [2.05, 4.69) is 84.0 Å². The van der Waals surface area contributed by atoms with Gasteiger partial charge >= 0.3 is 0 Å². The predicted octanol–water partition coefficient (Wildman–Crippen LogP) is 8.50. The minimum absolute atomic E-state index is 0.134. The number of sulfone groups is 1. The maximum absolute atomic E-state index is 14.2. The second-order valence-electron chi connectivity index (χ2n) is 13.5. The molecule has 3 aromatic rings. The van der Waals surface area contributed by atoms with Crippen LogP contribution in [0, 0.1) is 5.92 Å². The summed E-state index contributed by atoms with van der Waals surface area (Å²) in [4.78, 5) is 10.6. The maximum Gasteiger partial charge on any atom is 0.210 e. The van der Waals surface area contributed by atoms with Gasteiger partial charge in [0.05, 0.1) is 23.9 Å². The molecule has 0 radical (unpaired) electrons. The second-order valence-corrected chi connectivity index (χ2v) is 21.2. The van der Waals surface area contributed by atoms with Crippen LogP contribution in [0.2, 0.25) is 16.6 Å². The molecule has 45 heavy (non-hydrogen) atoms. The monoisotopic (exact) mass is 651 g/mol. The van der Waals surface area contributed by atoms with Crippen LogP contribution < -0.4 is 0 Å². The van der Waals surface area contributed by atoms with E-state index >= 15 is 0 Å². The molecular weight excluding hydrogens is 599 g/mol. The normalized spacial score (nSPS) is 18.5. The molecule has 1 aromatic heterocycles. The SMILES string of the molecule is CCOC1=N[C@H](C(C)C)C(OCC)=N[C@H]1[C@@H](CS(=O)(=O)c1ccccc1)c1cn([Si](C(C)C)(C(C)C)C(C)C)c2ccccc12. The molecule has 4 rings (SSSR count). The molecule has 2 aromatic carbocycles. The van der Waals surface area contributed by atoms with Crippen molar-refractivity contribution in [1.29, 1.82) is 0 Å². The van der Waals surface area contributed by atoms with E-state index in [1.54, 1.807) is 24.3 Å². The molecule has 0 unspecified atom stereocenters. The Bertz CT molecular complexity index is 1590. The zero-order chi connectivity index (χ0) is 33.1. The molecular formula is C36H53N3O4SSi. The number of hydrogen-bond acceptors (Lipinski definition) is 6. The van der Waals surface area contributed by atoms with Crippen LogP contribution >= 0.6 is 0 Å². The van der Waals surface area contributed by atoms with Crippen molar-refractivity contribution in [2.75, 3.05) is 19.0 Å². The van der Waals surface area contributed by atoms with Crippen LogP contribution in [-0.2, 0) is 19.3 Å². The summed E-state index contributed by atoms with van der Waals surface area (Å²) in [5.41, 5.74) is 3.48. The van der Waals surface area contributed by atoms with Gasteiger partial charge in [-0.15, -0.1) is 0 Å². The minimum atomic E-state index is -3.72. The van der Waals surface area contributed by atoms with Gasteiger partial charge in [0.1, 0.15) is 12.1 Å². The Morgan fingerprint density at radius 1 is 0.756 bits per heavy atom. The van der Waals surface area contributed by atoms with Crippen LogP contribution in [0.3, 0.4) is 0 Å². The highest BCUT2D eigenvalue weighted by molar-refractivity contribution is 7.91. The molecule has 9 heteroatoms. The van der Waals surface area contributed by atoms with Gasteiger partial charge in [-0.25, -0.2) is 18.4 Å². The summed E-state index contributed by atoms with van der Waals surface area (Å²) in [6.45, 7) is 23.0. The number of aromatic nitrogens is 1. The molecule has 0 saturated carbocycles. The standard InChI is InChI=1S/C36H53N3O4SSi/c1-11-42-35-33(24(3)4)37-36(43-12-2)34(38-35)31(23-44(40,41)28-18-14-13-15-19-28)30-22-39(32-21-17-16-20-29(30)32)45(25(5)6,26(7)8)27(9)10/h13-22,24-27,31,33-34H,11-12,23H2,1-10H3/t31-,33+,34-/m0/s1. The van der Waals surface area contributed by atoms with Crippen molar-refractivity contribution in [2.45, 2.75) is 109 Å². The summed E-state index contributed by atoms with van der Waals surface area (Å²) in [7, 11) is -5.92. The Morgan fingerprint density at radius 2 is 1.27 bits per heavy atom. The summed E-state index contributed by atoms with van der Waals surface area (Å²) in [5.74, 6) is 0.451. The lowest BCUT2D eigenvalue weighted by molar-refractivity contribution is 0.272. The van der Waals surface area contributed by atoms with Crippen LogP contribution in [0.15, 0.2) is 75.7 Å². The number of benzene rings is 2. The highest BCUT2D eigenvalue weighted by Gasteiger charge is 2.47. The van der Waals surface area contributed by atoms with Crippen LogP contribution in [0.25, 0.3) is 10.9 Å². The summed E-state index contributed by atoms with van der Waals surface area (Å²) < 4.78 is 43.3. The van der Waals surface area contributed by atoms with Crippen LogP contribution in [-0.4, -0.2) is 63.7 Å². The first kappa shape index (κ1) is 35.0. The molecule has 0 amide bonds. The molecule has 0 spiro atoms. The molecule has 3 atom stereocenters. The van der Waals surface area contributed by atoms with Gasteiger partial charge in [-0.3, -0.25) is 0 Å². The van der Waals surface area contributed by atoms with Gasteiger partial charge < -0.3 is 13.7 Å². The number of fused-ring (bicyclic) bond motifs is 1. The van der Waals surface area contributed by atoms with Gasteiger partial charge in [-0.1, -0.05) is 91.8 Å². The first-order valence-electron chi connectivity index (χ1n) is 16.6. The van der Waals surface area contributed by atoms with E-state index in [1.807, 2.05) is 26.0 Å². The third kappa shape index (κ3) is 6.66. The Kier molecular flexibility index (Phi) is 11.1. The van der Waals surface area contributed by atoms with Crippen LogP contribution in [0.4, 0.5) is 0 Å². The topological polar surface area (TPSA) is 82.2 Å². The van der Waals surface area contributed by atoms with Gasteiger partial charge in [-0.05, 0) is 66.3 Å². The van der Waals surface area contributed by atoms with E-state index in [-0.39, 0.29) is 17.7 Å². The summed E-state index contributed by atoms with van der Waals surface area (Å²) in [6, 6.07) is 16.2. The average Bonchev–Trinajstić information content (AvgIpc) is 3.36. The van der Waals surface area contributed by atoms with Gasteiger partial charge in [0.25, 0.3) is 0 Å². The Labute approximate surface area is 272 Å². The van der Waals surface area contributed by atoms with Gasteiger partial charge in [0.2, 0.25) is 11.8 Å². The fourth-order valence-electron chi connectivity index (χ4n) is 7.74. The van der Waals surface area contributed by atoms with E-state index in [0.29, 0.717) is 46.5 Å². The highest BCUT2D eigenvalue weighted by atomic mass is 32.2. The molecule has 0 saturated heterocycles. The summed E-state index contributed by atoms with van der Waals surface area (Å²) >= 11 is 0. The lowest BCUT2D eigenvalue weighted by Crippen LogP contribution is -2.51. The number of nitrogens with zero attached hydrogens (tertiary/aromatic N) is 3. The van der Waals surface area contributed by atoms with Crippen molar-refractivity contribution in [1.82, 2.24) is 4.23 Å². The number of rotatable bonds is 12. The number of hydrogen-bond donors (Lipinski definition) is 0.